The molecule has 4 nitrogen and oxygen atoms in total. The van der Waals surface area contributed by atoms with Gasteiger partial charge in [0.2, 0.25) is 0 Å². The first kappa shape index (κ1) is 8.29. The molecular formula is C9H13N3O. The standard InChI is InChI=1S/C9H13N3O/c1-3-7-6(2)11-9-8(12-7)10-4-5-13-9/h3-5H2,1-2H3,(H,10,12). The van der Waals surface area contributed by atoms with Crippen LogP contribution in [0.15, 0.2) is 0 Å². The zero-order valence-corrected chi connectivity index (χ0v) is 7.92. The SMILES string of the molecule is CCc1nc2c(nc1C)OCCN2. The number of aryl methyl sites for hydroxylation is 2. The third kappa shape index (κ3) is 1.43. The molecule has 2 heterocycles. The van der Waals surface area contributed by atoms with Crippen molar-refractivity contribution in [1.82, 2.24) is 9.97 Å². The van der Waals surface area contributed by atoms with Crippen molar-refractivity contribution in [2.24, 2.45) is 0 Å². The van der Waals surface area contributed by atoms with Gasteiger partial charge in [-0.3, -0.25) is 0 Å². The van der Waals surface area contributed by atoms with Crippen molar-refractivity contribution < 1.29 is 4.74 Å². The monoisotopic (exact) mass is 179 g/mol. The first-order valence-corrected chi connectivity index (χ1v) is 4.55. The molecule has 1 aliphatic rings. The van der Waals surface area contributed by atoms with Gasteiger partial charge in [0.05, 0.1) is 17.9 Å². The van der Waals surface area contributed by atoms with E-state index in [9.17, 15) is 0 Å². The van der Waals surface area contributed by atoms with E-state index in [0.29, 0.717) is 12.5 Å². The molecular weight excluding hydrogens is 166 g/mol. The molecule has 1 aromatic rings. The zero-order chi connectivity index (χ0) is 9.26. The van der Waals surface area contributed by atoms with Crippen LogP contribution in [-0.2, 0) is 6.42 Å². The van der Waals surface area contributed by atoms with Gasteiger partial charge >= 0.3 is 0 Å². The molecule has 0 bridgehead atoms. The van der Waals surface area contributed by atoms with Gasteiger partial charge in [-0.2, -0.15) is 0 Å². The van der Waals surface area contributed by atoms with E-state index in [1.807, 2.05) is 6.92 Å². The lowest BCUT2D eigenvalue weighted by Gasteiger charge is -2.18. The van der Waals surface area contributed by atoms with Crippen molar-refractivity contribution in [1.29, 1.82) is 0 Å². The molecule has 0 aromatic carbocycles. The Labute approximate surface area is 77.4 Å². The highest BCUT2D eigenvalue weighted by Crippen LogP contribution is 2.23. The zero-order valence-electron chi connectivity index (χ0n) is 7.92. The summed E-state index contributed by atoms with van der Waals surface area (Å²) >= 11 is 0. The van der Waals surface area contributed by atoms with Crippen LogP contribution in [0.3, 0.4) is 0 Å². The van der Waals surface area contributed by atoms with Crippen LogP contribution in [0.4, 0.5) is 5.82 Å². The van der Waals surface area contributed by atoms with Gasteiger partial charge in [-0.1, -0.05) is 6.92 Å². The van der Waals surface area contributed by atoms with Crippen LogP contribution < -0.4 is 10.1 Å². The van der Waals surface area contributed by atoms with E-state index in [0.717, 1.165) is 30.2 Å². The second kappa shape index (κ2) is 3.20. The van der Waals surface area contributed by atoms with Gasteiger partial charge in [-0.05, 0) is 13.3 Å². The summed E-state index contributed by atoms with van der Waals surface area (Å²) in [5, 5.41) is 3.17. The normalized spacial score (nSPS) is 14.3. The molecule has 0 fully saturated rings. The molecule has 4 heteroatoms. The lowest BCUT2D eigenvalue weighted by atomic mass is 10.2. The number of hydrogen-bond acceptors (Lipinski definition) is 4. The van der Waals surface area contributed by atoms with E-state index in [1.165, 1.54) is 0 Å². The molecule has 0 amide bonds. The molecule has 0 saturated heterocycles. The first-order valence-electron chi connectivity index (χ1n) is 4.55. The minimum atomic E-state index is 0.640. The Balaban J connectivity index is 2.44. The fourth-order valence-electron chi connectivity index (χ4n) is 1.40. The summed E-state index contributed by atoms with van der Waals surface area (Å²) in [5.41, 5.74) is 2.00. The highest BCUT2D eigenvalue weighted by atomic mass is 16.5. The Morgan fingerprint density at radius 2 is 2.31 bits per heavy atom. The molecule has 13 heavy (non-hydrogen) atoms. The Morgan fingerprint density at radius 3 is 3.08 bits per heavy atom. The Morgan fingerprint density at radius 1 is 1.46 bits per heavy atom. The number of ether oxygens (including phenoxy) is 1. The maximum absolute atomic E-state index is 5.37. The van der Waals surface area contributed by atoms with E-state index in [4.69, 9.17) is 4.74 Å². The molecule has 0 aliphatic carbocycles. The van der Waals surface area contributed by atoms with Gasteiger partial charge < -0.3 is 10.1 Å². The maximum atomic E-state index is 5.37. The number of anilines is 1. The van der Waals surface area contributed by atoms with Gasteiger partial charge in [0.15, 0.2) is 5.82 Å². The van der Waals surface area contributed by atoms with E-state index < -0.39 is 0 Å². The van der Waals surface area contributed by atoms with E-state index in [1.54, 1.807) is 0 Å². The average Bonchev–Trinajstić information content (AvgIpc) is 2.17. The lowest BCUT2D eigenvalue weighted by molar-refractivity contribution is 0.307. The quantitative estimate of drug-likeness (QED) is 0.702. The minimum absolute atomic E-state index is 0.640. The minimum Gasteiger partial charge on any atom is -0.473 e. The molecule has 0 spiro atoms. The van der Waals surface area contributed by atoms with Crippen LogP contribution >= 0.6 is 0 Å². The number of nitrogens with one attached hydrogen (secondary N) is 1. The van der Waals surface area contributed by atoms with Gasteiger partial charge in [-0.25, -0.2) is 9.97 Å². The lowest BCUT2D eigenvalue weighted by Crippen LogP contribution is -2.21. The number of fused-ring (bicyclic) bond motifs is 1. The maximum Gasteiger partial charge on any atom is 0.257 e. The van der Waals surface area contributed by atoms with Gasteiger partial charge in [0, 0.05) is 0 Å². The van der Waals surface area contributed by atoms with Crippen LogP contribution in [-0.4, -0.2) is 23.1 Å². The second-order valence-corrected chi connectivity index (χ2v) is 3.04. The van der Waals surface area contributed by atoms with E-state index in [2.05, 4.69) is 22.2 Å². The highest BCUT2D eigenvalue weighted by molar-refractivity contribution is 5.48. The van der Waals surface area contributed by atoms with Crippen molar-refractivity contribution >= 4 is 5.82 Å². The van der Waals surface area contributed by atoms with Crippen LogP contribution in [0.5, 0.6) is 5.88 Å². The fourth-order valence-corrected chi connectivity index (χ4v) is 1.40. The van der Waals surface area contributed by atoms with Crippen LogP contribution in [0, 0.1) is 6.92 Å². The molecule has 0 saturated carbocycles. The molecule has 2 rings (SSSR count). The third-order valence-corrected chi connectivity index (χ3v) is 2.10. The highest BCUT2D eigenvalue weighted by Gasteiger charge is 2.14. The van der Waals surface area contributed by atoms with E-state index >= 15 is 0 Å². The summed E-state index contributed by atoms with van der Waals surface area (Å²) in [6, 6.07) is 0. The van der Waals surface area contributed by atoms with Gasteiger partial charge in [-0.15, -0.1) is 0 Å². The van der Waals surface area contributed by atoms with Crippen molar-refractivity contribution in [2.45, 2.75) is 20.3 Å². The number of aromatic nitrogens is 2. The summed E-state index contributed by atoms with van der Waals surface area (Å²) in [5.74, 6) is 1.43. The van der Waals surface area contributed by atoms with Crippen LogP contribution in [0.2, 0.25) is 0 Å². The number of hydrogen-bond donors (Lipinski definition) is 1. The summed E-state index contributed by atoms with van der Waals surface area (Å²) in [7, 11) is 0. The van der Waals surface area contributed by atoms with Crippen LogP contribution in [0.25, 0.3) is 0 Å². The Kier molecular flexibility index (Phi) is 2.04. The largest absolute Gasteiger partial charge is 0.473 e. The summed E-state index contributed by atoms with van der Waals surface area (Å²) in [4.78, 5) is 8.77. The number of nitrogens with zero attached hydrogens (tertiary/aromatic N) is 2. The van der Waals surface area contributed by atoms with Crippen LogP contribution in [0.1, 0.15) is 18.3 Å². The fraction of sp³-hybridized carbons (Fsp3) is 0.556. The van der Waals surface area contributed by atoms with Gasteiger partial charge in [0.1, 0.15) is 6.61 Å². The smallest absolute Gasteiger partial charge is 0.257 e. The molecule has 1 aliphatic heterocycles. The predicted molar refractivity (Wildman–Crippen MR) is 50.1 cm³/mol. The topological polar surface area (TPSA) is 47.0 Å². The molecule has 1 N–H and O–H groups in total. The van der Waals surface area contributed by atoms with E-state index in [-0.39, 0.29) is 0 Å². The second-order valence-electron chi connectivity index (χ2n) is 3.04. The molecule has 1 aromatic heterocycles. The average molecular weight is 179 g/mol. The molecule has 0 atom stereocenters. The van der Waals surface area contributed by atoms with Gasteiger partial charge in [0.25, 0.3) is 5.88 Å². The predicted octanol–water partition coefficient (Wildman–Crippen LogP) is 1.15. The first-order chi connectivity index (χ1) is 6.31. The Hall–Kier alpha value is -1.32. The van der Waals surface area contributed by atoms with Crippen molar-refractivity contribution in [2.75, 3.05) is 18.5 Å². The summed E-state index contributed by atoms with van der Waals surface area (Å²) in [6.45, 7) is 5.53. The summed E-state index contributed by atoms with van der Waals surface area (Å²) < 4.78 is 5.37. The molecule has 0 radical (unpaired) electrons. The Bertz CT molecular complexity index is 325. The molecule has 70 valence electrons. The summed E-state index contributed by atoms with van der Waals surface area (Å²) in [6.07, 6.45) is 0.911. The third-order valence-electron chi connectivity index (χ3n) is 2.10. The number of rotatable bonds is 1. The van der Waals surface area contributed by atoms with Crippen molar-refractivity contribution in [3.63, 3.8) is 0 Å². The van der Waals surface area contributed by atoms with Crippen molar-refractivity contribution in [3.8, 4) is 5.88 Å². The van der Waals surface area contributed by atoms with Crippen molar-refractivity contribution in [3.05, 3.63) is 11.4 Å². The molecule has 0 unspecified atom stereocenters.